The van der Waals surface area contributed by atoms with Gasteiger partial charge in [0, 0.05) is 13.2 Å². The molecule has 4 nitrogen and oxygen atoms in total. The molecule has 0 aliphatic rings. The first-order valence-corrected chi connectivity index (χ1v) is 7.03. The number of rotatable bonds is 6. The lowest BCUT2D eigenvalue weighted by Gasteiger charge is -2.18. The molecule has 0 saturated carbocycles. The quantitative estimate of drug-likeness (QED) is 0.879. The topological polar surface area (TPSA) is 39.1 Å². The molecule has 0 saturated heterocycles. The molecule has 0 aliphatic carbocycles. The fraction of sp³-hybridized carbons (Fsp3) is 0.438. The average molecular weight is 273 g/mol. The molecule has 1 aromatic carbocycles. The van der Waals surface area contributed by atoms with Crippen molar-refractivity contribution in [1.29, 1.82) is 0 Å². The molecule has 108 valence electrons. The van der Waals surface area contributed by atoms with Crippen molar-refractivity contribution >= 4 is 0 Å². The predicted molar refractivity (Wildman–Crippen MR) is 81.1 cm³/mol. The van der Waals surface area contributed by atoms with Crippen molar-refractivity contribution in [3.63, 3.8) is 0 Å². The van der Waals surface area contributed by atoms with Gasteiger partial charge in [0.05, 0.1) is 18.8 Å². The summed E-state index contributed by atoms with van der Waals surface area (Å²) in [6.45, 7) is 5.17. The highest BCUT2D eigenvalue weighted by Gasteiger charge is 2.17. The molecule has 1 atom stereocenters. The van der Waals surface area contributed by atoms with E-state index in [0.29, 0.717) is 0 Å². The second-order valence-corrected chi connectivity index (χ2v) is 5.03. The van der Waals surface area contributed by atoms with Crippen LogP contribution in [0, 0.1) is 6.92 Å². The molecule has 2 rings (SSSR count). The lowest BCUT2D eigenvalue weighted by Crippen LogP contribution is -2.23. The Bertz CT molecular complexity index is 563. The van der Waals surface area contributed by atoms with E-state index in [2.05, 4.69) is 48.5 Å². The fourth-order valence-electron chi connectivity index (χ4n) is 2.29. The van der Waals surface area contributed by atoms with Gasteiger partial charge < -0.3 is 10.1 Å². The van der Waals surface area contributed by atoms with Crippen molar-refractivity contribution in [2.45, 2.75) is 26.3 Å². The van der Waals surface area contributed by atoms with E-state index in [1.807, 2.05) is 17.9 Å². The number of methoxy groups -OCH3 is 1. The fourth-order valence-corrected chi connectivity index (χ4v) is 2.29. The zero-order valence-corrected chi connectivity index (χ0v) is 12.7. The van der Waals surface area contributed by atoms with Gasteiger partial charge in [0.25, 0.3) is 0 Å². The summed E-state index contributed by atoms with van der Waals surface area (Å²) in [5.41, 5.74) is 3.36. The number of hydrogen-bond donors (Lipinski definition) is 1. The number of aryl methyl sites for hydroxylation is 2. The summed E-state index contributed by atoms with van der Waals surface area (Å²) in [7, 11) is 3.65. The van der Waals surface area contributed by atoms with Crippen LogP contribution in [0.5, 0.6) is 5.75 Å². The Morgan fingerprint density at radius 3 is 2.75 bits per heavy atom. The van der Waals surface area contributed by atoms with Crippen molar-refractivity contribution < 1.29 is 4.74 Å². The molecular formula is C16H23N3O. The van der Waals surface area contributed by atoms with E-state index in [-0.39, 0.29) is 6.04 Å². The van der Waals surface area contributed by atoms with Crippen LogP contribution in [-0.4, -0.2) is 23.4 Å². The number of ether oxygens (including phenoxy) is 1. The van der Waals surface area contributed by atoms with E-state index in [4.69, 9.17) is 4.74 Å². The second kappa shape index (κ2) is 6.57. The maximum atomic E-state index is 5.43. The van der Waals surface area contributed by atoms with Crippen molar-refractivity contribution in [2.75, 3.05) is 13.7 Å². The first kappa shape index (κ1) is 14.6. The van der Waals surface area contributed by atoms with Gasteiger partial charge in [-0.15, -0.1) is 0 Å². The minimum atomic E-state index is 0.102. The van der Waals surface area contributed by atoms with E-state index in [0.717, 1.165) is 30.0 Å². The molecule has 20 heavy (non-hydrogen) atoms. The molecule has 1 heterocycles. The Balaban J connectivity index is 2.35. The Morgan fingerprint density at radius 2 is 2.15 bits per heavy atom. The average Bonchev–Trinajstić information content (AvgIpc) is 2.87. The highest BCUT2D eigenvalue weighted by atomic mass is 16.5. The summed E-state index contributed by atoms with van der Waals surface area (Å²) >= 11 is 0. The smallest absolute Gasteiger partial charge is 0.122 e. The Morgan fingerprint density at radius 1 is 1.35 bits per heavy atom. The van der Waals surface area contributed by atoms with Crippen LogP contribution in [0.3, 0.4) is 0 Å². The predicted octanol–water partition coefficient (Wildman–Crippen LogP) is 2.83. The molecule has 4 heteroatoms. The summed E-state index contributed by atoms with van der Waals surface area (Å²) in [5.74, 6) is 0.918. The van der Waals surface area contributed by atoms with Crippen LogP contribution >= 0.6 is 0 Å². The van der Waals surface area contributed by atoms with Crippen molar-refractivity contribution in [2.24, 2.45) is 7.05 Å². The van der Waals surface area contributed by atoms with Crippen LogP contribution in [0.2, 0.25) is 0 Å². The Labute approximate surface area is 120 Å². The van der Waals surface area contributed by atoms with Crippen LogP contribution in [0.4, 0.5) is 0 Å². The van der Waals surface area contributed by atoms with Crippen LogP contribution in [-0.2, 0) is 7.05 Å². The standard InChI is InChI=1S/C16H23N3O/c1-5-9-17-16(14-8-10-19(3)18-14)13-7-6-12(2)15(11-13)20-4/h6-8,10-11,16-17H,5,9H2,1-4H3. The maximum Gasteiger partial charge on any atom is 0.122 e. The highest BCUT2D eigenvalue weighted by Crippen LogP contribution is 2.26. The molecule has 0 spiro atoms. The largest absolute Gasteiger partial charge is 0.496 e. The summed E-state index contributed by atoms with van der Waals surface area (Å²) in [4.78, 5) is 0. The van der Waals surface area contributed by atoms with Crippen LogP contribution in [0.15, 0.2) is 30.5 Å². The van der Waals surface area contributed by atoms with E-state index in [9.17, 15) is 0 Å². The van der Waals surface area contributed by atoms with Gasteiger partial charge >= 0.3 is 0 Å². The number of nitrogens with zero attached hydrogens (tertiary/aromatic N) is 2. The summed E-state index contributed by atoms with van der Waals surface area (Å²) in [6, 6.07) is 8.49. The zero-order valence-electron chi connectivity index (χ0n) is 12.7. The second-order valence-electron chi connectivity index (χ2n) is 5.03. The van der Waals surface area contributed by atoms with Gasteiger partial charge in [-0.2, -0.15) is 5.10 Å². The molecule has 0 bridgehead atoms. The zero-order chi connectivity index (χ0) is 14.5. The lowest BCUT2D eigenvalue weighted by molar-refractivity contribution is 0.410. The monoisotopic (exact) mass is 273 g/mol. The number of aromatic nitrogens is 2. The first-order chi connectivity index (χ1) is 9.65. The van der Waals surface area contributed by atoms with Gasteiger partial charge in [-0.25, -0.2) is 0 Å². The molecule has 0 amide bonds. The maximum absolute atomic E-state index is 5.43. The van der Waals surface area contributed by atoms with E-state index in [1.54, 1.807) is 7.11 Å². The van der Waals surface area contributed by atoms with E-state index < -0.39 is 0 Å². The molecule has 1 N–H and O–H groups in total. The van der Waals surface area contributed by atoms with Gasteiger partial charge in [0.2, 0.25) is 0 Å². The normalized spacial score (nSPS) is 12.4. The third-order valence-electron chi connectivity index (χ3n) is 3.39. The summed E-state index contributed by atoms with van der Waals surface area (Å²) in [6.07, 6.45) is 3.06. The first-order valence-electron chi connectivity index (χ1n) is 7.03. The molecule has 0 aliphatic heterocycles. The molecular weight excluding hydrogens is 250 g/mol. The molecule has 1 unspecified atom stereocenters. The third-order valence-corrected chi connectivity index (χ3v) is 3.39. The highest BCUT2D eigenvalue weighted by molar-refractivity contribution is 5.40. The number of hydrogen-bond acceptors (Lipinski definition) is 3. The molecule has 0 radical (unpaired) electrons. The third kappa shape index (κ3) is 3.20. The summed E-state index contributed by atoms with van der Waals surface area (Å²) in [5, 5.41) is 8.09. The Kier molecular flexibility index (Phi) is 4.79. The van der Waals surface area contributed by atoms with Crippen LogP contribution < -0.4 is 10.1 Å². The van der Waals surface area contributed by atoms with Crippen molar-refractivity contribution in [3.05, 3.63) is 47.3 Å². The van der Waals surface area contributed by atoms with Crippen molar-refractivity contribution in [3.8, 4) is 5.75 Å². The molecule has 1 aromatic heterocycles. The summed E-state index contributed by atoms with van der Waals surface area (Å²) < 4.78 is 7.26. The Hall–Kier alpha value is -1.81. The van der Waals surface area contributed by atoms with Gasteiger partial charge in [-0.3, -0.25) is 4.68 Å². The van der Waals surface area contributed by atoms with E-state index >= 15 is 0 Å². The van der Waals surface area contributed by atoms with E-state index in [1.165, 1.54) is 5.56 Å². The number of nitrogens with one attached hydrogen (secondary N) is 1. The van der Waals surface area contributed by atoms with Gasteiger partial charge in [0.15, 0.2) is 0 Å². The van der Waals surface area contributed by atoms with Gasteiger partial charge in [-0.05, 0) is 43.1 Å². The number of benzene rings is 1. The van der Waals surface area contributed by atoms with Crippen LogP contribution in [0.1, 0.15) is 36.2 Å². The SMILES string of the molecule is CCCNC(c1ccc(C)c(OC)c1)c1ccn(C)n1. The van der Waals surface area contributed by atoms with Gasteiger partial charge in [-0.1, -0.05) is 19.1 Å². The van der Waals surface area contributed by atoms with Crippen LogP contribution in [0.25, 0.3) is 0 Å². The lowest BCUT2D eigenvalue weighted by atomic mass is 10.0. The molecule has 2 aromatic rings. The minimum absolute atomic E-state index is 0.102. The molecule has 0 fully saturated rings. The van der Waals surface area contributed by atoms with Crippen molar-refractivity contribution in [1.82, 2.24) is 15.1 Å². The van der Waals surface area contributed by atoms with Gasteiger partial charge in [0.1, 0.15) is 5.75 Å². The minimum Gasteiger partial charge on any atom is -0.496 e.